The standard InChI is InChI=1S/C26H29N3O4/c30-25-19-7-4-11-29(26(31)27-10-8-17-5-2-1-3-6-17)21(19)15-22-20-14-24-23(32-16-33-24)13-18(20)9-12-28(22)25/h1-3,5-6,13-14,19,21-22H,4,7-12,15-16H2,(H,27,31)/t19-,21-,22-/m1/s1. The van der Waals surface area contributed by atoms with Gasteiger partial charge in [0.05, 0.1) is 12.0 Å². The molecule has 2 fully saturated rings. The van der Waals surface area contributed by atoms with E-state index in [-0.39, 0.29) is 36.7 Å². The number of benzene rings is 2. The number of hydrogen-bond acceptors (Lipinski definition) is 4. The first-order chi connectivity index (χ1) is 16.2. The Bertz CT molecular complexity index is 1070. The Kier molecular flexibility index (Phi) is 5.12. The van der Waals surface area contributed by atoms with Crippen molar-refractivity contribution in [2.75, 3.05) is 26.4 Å². The van der Waals surface area contributed by atoms with Gasteiger partial charge in [-0.2, -0.15) is 0 Å². The molecule has 0 aromatic heterocycles. The van der Waals surface area contributed by atoms with Crippen molar-refractivity contribution in [1.29, 1.82) is 0 Å². The normalized spacial score (nSPS) is 25.2. The highest BCUT2D eigenvalue weighted by molar-refractivity contribution is 5.83. The largest absolute Gasteiger partial charge is 0.454 e. The van der Waals surface area contributed by atoms with Crippen molar-refractivity contribution in [3.63, 3.8) is 0 Å². The number of carbonyl (C=O) groups is 2. The van der Waals surface area contributed by atoms with E-state index < -0.39 is 0 Å². The van der Waals surface area contributed by atoms with E-state index >= 15 is 0 Å². The molecule has 0 bridgehead atoms. The van der Waals surface area contributed by atoms with E-state index in [9.17, 15) is 9.59 Å². The molecule has 2 aromatic rings. The molecule has 0 aliphatic carbocycles. The van der Waals surface area contributed by atoms with Gasteiger partial charge in [-0.15, -0.1) is 0 Å². The lowest BCUT2D eigenvalue weighted by Gasteiger charge is -2.51. The maximum Gasteiger partial charge on any atom is 0.317 e. The summed E-state index contributed by atoms with van der Waals surface area (Å²) in [5, 5.41) is 3.10. The number of piperidine rings is 2. The Hall–Kier alpha value is -3.22. The predicted molar refractivity (Wildman–Crippen MR) is 122 cm³/mol. The van der Waals surface area contributed by atoms with Gasteiger partial charge < -0.3 is 24.6 Å². The monoisotopic (exact) mass is 447 g/mol. The molecule has 4 heterocycles. The number of likely N-dealkylation sites (tertiary alicyclic amines) is 1. The molecule has 0 unspecified atom stereocenters. The van der Waals surface area contributed by atoms with Crippen LogP contribution in [0.15, 0.2) is 42.5 Å². The van der Waals surface area contributed by atoms with Crippen LogP contribution in [0.4, 0.5) is 4.79 Å². The zero-order valence-corrected chi connectivity index (χ0v) is 18.7. The van der Waals surface area contributed by atoms with Crippen LogP contribution in [0.3, 0.4) is 0 Å². The van der Waals surface area contributed by atoms with Crippen LogP contribution in [0.2, 0.25) is 0 Å². The molecule has 33 heavy (non-hydrogen) atoms. The number of rotatable bonds is 3. The van der Waals surface area contributed by atoms with Gasteiger partial charge in [-0.05, 0) is 60.9 Å². The number of nitrogens with zero attached hydrogens (tertiary/aromatic N) is 2. The van der Waals surface area contributed by atoms with Gasteiger partial charge in [0.15, 0.2) is 11.5 Å². The predicted octanol–water partition coefficient (Wildman–Crippen LogP) is 3.28. The van der Waals surface area contributed by atoms with Crippen molar-refractivity contribution in [2.45, 2.75) is 44.2 Å². The topological polar surface area (TPSA) is 71.1 Å². The molecule has 0 saturated carbocycles. The maximum absolute atomic E-state index is 13.5. The zero-order chi connectivity index (χ0) is 22.4. The van der Waals surface area contributed by atoms with Gasteiger partial charge in [0.1, 0.15) is 0 Å². The van der Waals surface area contributed by atoms with Crippen molar-refractivity contribution >= 4 is 11.9 Å². The smallest absolute Gasteiger partial charge is 0.317 e. The Morgan fingerprint density at radius 3 is 2.76 bits per heavy atom. The van der Waals surface area contributed by atoms with Crippen LogP contribution in [0.25, 0.3) is 0 Å². The van der Waals surface area contributed by atoms with Crippen molar-refractivity contribution in [2.24, 2.45) is 5.92 Å². The molecule has 3 amide bonds. The summed E-state index contributed by atoms with van der Waals surface area (Å²) in [6.07, 6.45) is 4.12. The minimum absolute atomic E-state index is 0.0188. The number of nitrogens with one attached hydrogen (secondary N) is 1. The number of amides is 3. The fourth-order valence-corrected chi connectivity index (χ4v) is 6.00. The number of carbonyl (C=O) groups excluding carboxylic acids is 2. The molecule has 2 aromatic carbocycles. The van der Waals surface area contributed by atoms with E-state index in [0.29, 0.717) is 13.1 Å². The number of ether oxygens (including phenoxy) is 2. The van der Waals surface area contributed by atoms with Crippen molar-refractivity contribution in [3.05, 3.63) is 59.2 Å². The first-order valence-corrected chi connectivity index (χ1v) is 12.0. The van der Waals surface area contributed by atoms with Crippen LogP contribution in [-0.4, -0.2) is 54.2 Å². The van der Waals surface area contributed by atoms with Crippen LogP contribution >= 0.6 is 0 Å². The Morgan fingerprint density at radius 2 is 1.91 bits per heavy atom. The van der Waals surface area contributed by atoms with Crippen LogP contribution in [0, 0.1) is 5.92 Å². The lowest BCUT2D eigenvalue weighted by Crippen LogP contribution is -2.61. The maximum atomic E-state index is 13.5. The van der Waals surface area contributed by atoms with Crippen molar-refractivity contribution < 1.29 is 19.1 Å². The lowest BCUT2D eigenvalue weighted by molar-refractivity contribution is -0.148. The second-order valence-corrected chi connectivity index (χ2v) is 9.41. The third-order valence-electron chi connectivity index (χ3n) is 7.63. The molecule has 7 nitrogen and oxygen atoms in total. The minimum Gasteiger partial charge on any atom is -0.454 e. The second kappa shape index (κ2) is 8.28. The van der Waals surface area contributed by atoms with Gasteiger partial charge in [0.2, 0.25) is 12.7 Å². The van der Waals surface area contributed by atoms with Gasteiger partial charge in [-0.1, -0.05) is 30.3 Å². The second-order valence-electron chi connectivity index (χ2n) is 9.41. The summed E-state index contributed by atoms with van der Waals surface area (Å²) in [6.45, 7) is 2.26. The van der Waals surface area contributed by atoms with Gasteiger partial charge in [0, 0.05) is 25.7 Å². The molecule has 0 spiro atoms. The van der Waals surface area contributed by atoms with E-state index in [1.54, 1.807) is 0 Å². The first-order valence-electron chi connectivity index (χ1n) is 12.0. The van der Waals surface area contributed by atoms with Gasteiger partial charge in [0.25, 0.3) is 0 Å². The van der Waals surface area contributed by atoms with E-state index in [1.165, 1.54) is 11.1 Å². The third-order valence-corrected chi connectivity index (χ3v) is 7.63. The molecule has 3 atom stereocenters. The molecule has 7 heteroatoms. The van der Waals surface area contributed by atoms with Crippen molar-refractivity contribution in [1.82, 2.24) is 15.1 Å². The molecular weight excluding hydrogens is 418 g/mol. The summed E-state index contributed by atoms with van der Waals surface area (Å²) in [7, 11) is 0. The highest BCUT2D eigenvalue weighted by Gasteiger charge is 2.49. The lowest BCUT2D eigenvalue weighted by atomic mass is 9.76. The summed E-state index contributed by atoms with van der Waals surface area (Å²) < 4.78 is 11.2. The number of fused-ring (bicyclic) bond motifs is 5. The van der Waals surface area contributed by atoms with E-state index in [0.717, 1.165) is 55.7 Å². The molecule has 1 N–H and O–H groups in total. The molecule has 4 aliphatic heterocycles. The van der Waals surface area contributed by atoms with Gasteiger partial charge in [-0.25, -0.2) is 4.79 Å². The van der Waals surface area contributed by atoms with Gasteiger partial charge in [-0.3, -0.25) is 4.79 Å². The average molecular weight is 448 g/mol. The number of urea groups is 1. The summed E-state index contributed by atoms with van der Waals surface area (Å²) in [4.78, 5) is 30.6. The Morgan fingerprint density at radius 1 is 1.09 bits per heavy atom. The zero-order valence-electron chi connectivity index (χ0n) is 18.7. The fourth-order valence-electron chi connectivity index (χ4n) is 6.00. The first kappa shape index (κ1) is 20.4. The molecule has 4 aliphatic rings. The number of hydrogen-bond donors (Lipinski definition) is 1. The van der Waals surface area contributed by atoms with Gasteiger partial charge >= 0.3 is 6.03 Å². The third kappa shape index (κ3) is 3.59. The summed E-state index contributed by atoms with van der Waals surface area (Å²) in [5.74, 6) is 1.63. The highest BCUT2D eigenvalue weighted by Crippen LogP contribution is 2.46. The minimum atomic E-state index is -0.106. The van der Waals surface area contributed by atoms with E-state index in [1.807, 2.05) is 28.0 Å². The molecular formula is C26H29N3O4. The summed E-state index contributed by atoms with van der Waals surface area (Å²) >= 11 is 0. The van der Waals surface area contributed by atoms with Crippen LogP contribution in [0.5, 0.6) is 11.5 Å². The summed E-state index contributed by atoms with van der Waals surface area (Å²) in [6, 6.07) is 14.2. The molecule has 0 radical (unpaired) electrons. The summed E-state index contributed by atoms with van der Waals surface area (Å²) in [5.41, 5.74) is 3.57. The SMILES string of the molecule is O=C1[C@@H]2CCCN(C(=O)NCCc3ccccc3)[C@@H]2C[C@@H]2c3cc4c(cc3CCN12)OCO4. The average Bonchev–Trinajstić information content (AvgIpc) is 3.30. The Labute approximate surface area is 193 Å². The van der Waals surface area contributed by atoms with Crippen LogP contribution in [0.1, 0.15) is 42.0 Å². The fraction of sp³-hybridized carbons (Fsp3) is 0.462. The highest BCUT2D eigenvalue weighted by atomic mass is 16.7. The molecule has 172 valence electrons. The molecule has 6 rings (SSSR count). The van der Waals surface area contributed by atoms with Crippen LogP contribution in [-0.2, 0) is 17.6 Å². The Balaban J connectivity index is 1.21. The van der Waals surface area contributed by atoms with Crippen LogP contribution < -0.4 is 14.8 Å². The quantitative estimate of drug-likeness (QED) is 0.784. The van der Waals surface area contributed by atoms with Crippen molar-refractivity contribution in [3.8, 4) is 11.5 Å². The van der Waals surface area contributed by atoms with E-state index in [2.05, 4.69) is 29.6 Å². The van der Waals surface area contributed by atoms with E-state index in [4.69, 9.17) is 9.47 Å². The molecule has 2 saturated heterocycles.